The average molecular weight is 810 g/mol. The van der Waals surface area contributed by atoms with Crippen molar-refractivity contribution < 1.29 is 28.6 Å². The minimum Gasteiger partial charge on any atom is -0.462 e. The van der Waals surface area contributed by atoms with Crippen LogP contribution in [0.5, 0.6) is 0 Å². The Morgan fingerprint density at radius 2 is 1.02 bits per heavy atom. The molecule has 9 nitrogen and oxygen atoms in total. The van der Waals surface area contributed by atoms with Crippen molar-refractivity contribution in [2.75, 3.05) is 23.8 Å². The van der Waals surface area contributed by atoms with Crippen molar-refractivity contribution in [1.29, 1.82) is 0 Å². The van der Waals surface area contributed by atoms with Crippen LogP contribution in [0.2, 0.25) is 0 Å². The van der Waals surface area contributed by atoms with E-state index >= 15 is 0 Å². The number of benzene rings is 8. The molecule has 8 rings (SSSR count). The maximum absolute atomic E-state index is 13.5. The SMILES string of the molecule is CCOC(=O)c1cc(Nc2ccc(-c3ccc4ccc5cccc6ccc3c4c56)cc2)c(C(=O)OCC)cc1Nc1ccc(-c2ccc(CNC(=O)OC(C)(C)C)cc2)cc1. The number of anilines is 4. The largest absolute Gasteiger partial charge is 0.462 e. The second-order valence-corrected chi connectivity index (χ2v) is 15.8. The summed E-state index contributed by atoms with van der Waals surface area (Å²) in [6.07, 6.45) is -0.465. The van der Waals surface area contributed by atoms with Gasteiger partial charge in [-0.15, -0.1) is 0 Å². The van der Waals surface area contributed by atoms with Crippen LogP contribution in [0.1, 0.15) is 60.9 Å². The lowest BCUT2D eigenvalue weighted by molar-refractivity contribution is 0.0513. The Morgan fingerprint density at radius 3 is 1.54 bits per heavy atom. The molecule has 0 aliphatic carbocycles. The Kier molecular flexibility index (Phi) is 11.3. The topological polar surface area (TPSA) is 115 Å². The summed E-state index contributed by atoms with van der Waals surface area (Å²) in [6.45, 7) is 9.68. The number of nitrogens with one attached hydrogen (secondary N) is 3. The Labute approximate surface area is 355 Å². The van der Waals surface area contributed by atoms with Gasteiger partial charge < -0.3 is 30.2 Å². The Hall–Kier alpha value is -7.39. The number of amides is 1. The van der Waals surface area contributed by atoms with E-state index in [9.17, 15) is 14.4 Å². The molecule has 0 aliphatic rings. The standard InChI is InChI=1S/C52H47N3O6/c1-6-59-49(56)43-30-46(55-40-25-19-35(20-26-40)41-27-21-38-16-15-36-9-8-10-37-22-28-42(41)48(38)47(36)37)44(50(57)60-7-2)29-45(43)54-39-23-17-34(18-24-39)33-13-11-32(12-14-33)31-53-51(58)61-52(3,4)5/h8-30,54-55H,6-7,31H2,1-5H3,(H,53,58). The van der Waals surface area contributed by atoms with Crippen molar-refractivity contribution in [3.8, 4) is 22.3 Å². The summed E-state index contributed by atoms with van der Waals surface area (Å²) in [5, 5.41) is 16.9. The molecule has 0 saturated carbocycles. The van der Waals surface area contributed by atoms with E-state index in [1.165, 1.54) is 32.3 Å². The number of hydrogen-bond donors (Lipinski definition) is 3. The smallest absolute Gasteiger partial charge is 0.407 e. The Morgan fingerprint density at radius 1 is 0.541 bits per heavy atom. The highest BCUT2D eigenvalue weighted by Gasteiger charge is 2.22. The van der Waals surface area contributed by atoms with Crippen molar-refractivity contribution in [2.45, 2.75) is 46.8 Å². The number of hydrogen-bond acceptors (Lipinski definition) is 8. The summed E-state index contributed by atoms with van der Waals surface area (Å²) in [6, 6.07) is 46.5. The summed E-state index contributed by atoms with van der Waals surface area (Å²) in [5.41, 5.74) is 7.24. The first kappa shape index (κ1) is 40.4. The lowest BCUT2D eigenvalue weighted by Crippen LogP contribution is -2.32. The molecule has 0 fully saturated rings. The lowest BCUT2D eigenvalue weighted by atomic mass is 9.90. The van der Waals surface area contributed by atoms with Gasteiger partial charge in [0, 0.05) is 17.9 Å². The monoisotopic (exact) mass is 809 g/mol. The third kappa shape index (κ3) is 8.82. The average Bonchev–Trinajstić information content (AvgIpc) is 3.25. The van der Waals surface area contributed by atoms with Gasteiger partial charge in [-0.05, 0) is 131 Å². The van der Waals surface area contributed by atoms with Crippen LogP contribution >= 0.6 is 0 Å². The van der Waals surface area contributed by atoms with Crippen molar-refractivity contribution in [2.24, 2.45) is 0 Å². The molecule has 0 radical (unpaired) electrons. The number of rotatable bonds is 12. The first-order valence-corrected chi connectivity index (χ1v) is 20.5. The van der Waals surface area contributed by atoms with Gasteiger partial charge in [0.1, 0.15) is 5.60 Å². The maximum Gasteiger partial charge on any atom is 0.407 e. The van der Waals surface area contributed by atoms with Gasteiger partial charge in [0.25, 0.3) is 0 Å². The highest BCUT2D eigenvalue weighted by molar-refractivity contribution is 6.25. The van der Waals surface area contributed by atoms with Crippen LogP contribution < -0.4 is 16.0 Å². The van der Waals surface area contributed by atoms with Crippen LogP contribution in [0.15, 0.2) is 140 Å². The van der Waals surface area contributed by atoms with E-state index in [-0.39, 0.29) is 24.3 Å². The van der Waals surface area contributed by atoms with E-state index in [1.807, 2.05) is 81.4 Å². The molecule has 61 heavy (non-hydrogen) atoms. The molecule has 8 aromatic rings. The third-order valence-corrected chi connectivity index (χ3v) is 10.4. The van der Waals surface area contributed by atoms with E-state index in [2.05, 4.69) is 82.7 Å². The van der Waals surface area contributed by atoms with E-state index in [0.29, 0.717) is 23.6 Å². The number of alkyl carbamates (subject to hydrolysis) is 1. The Bertz CT molecular complexity index is 2860. The van der Waals surface area contributed by atoms with Crippen LogP contribution in [-0.4, -0.2) is 36.8 Å². The fourth-order valence-electron chi connectivity index (χ4n) is 7.64. The van der Waals surface area contributed by atoms with Gasteiger partial charge in [0.2, 0.25) is 0 Å². The lowest BCUT2D eigenvalue weighted by Gasteiger charge is -2.19. The molecule has 0 spiro atoms. The van der Waals surface area contributed by atoms with Gasteiger partial charge in [-0.2, -0.15) is 0 Å². The molecule has 9 heteroatoms. The summed E-state index contributed by atoms with van der Waals surface area (Å²) in [5.74, 6) is -1.07. The molecular formula is C52H47N3O6. The Balaban J connectivity index is 1.04. The summed E-state index contributed by atoms with van der Waals surface area (Å²) in [4.78, 5) is 39.1. The molecule has 3 N–H and O–H groups in total. The second-order valence-electron chi connectivity index (χ2n) is 15.8. The van der Waals surface area contributed by atoms with E-state index in [0.717, 1.165) is 33.5 Å². The zero-order chi connectivity index (χ0) is 42.7. The van der Waals surface area contributed by atoms with Gasteiger partial charge in [0.15, 0.2) is 0 Å². The van der Waals surface area contributed by atoms with E-state index in [4.69, 9.17) is 14.2 Å². The van der Waals surface area contributed by atoms with E-state index < -0.39 is 23.6 Å². The van der Waals surface area contributed by atoms with Gasteiger partial charge in [-0.1, -0.05) is 103 Å². The minimum absolute atomic E-state index is 0.176. The molecule has 0 bridgehead atoms. The third-order valence-electron chi connectivity index (χ3n) is 10.4. The second kappa shape index (κ2) is 17.1. The van der Waals surface area contributed by atoms with Crippen LogP contribution in [0.4, 0.5) is 27.5 Å². The molecule has 8 aromatic carbocycles. The van der Waals surface area contributed by atoms with Crippen LogP contribution in [0.3, 0.4) is 0 Å². The number of ether oxygens (including phenoxy) is 3. The molecule has 0 unspecified atom stereocenters. The van der Waals surface area contributed by atoms with Crippen LogP contribution in [0.25, 0.3) is 54.6 Å². The van der Waals surface area contributed by atoms with E-state index in [1.54, 1.807) is 26.0 Å². The zero-order valence-electron chi connectivity index (χ0n) is 34.8. The first-order valence-electron chi connectivity index (χ1n) is 20.5. The van der Waals surface area contributed by atoms with Crippen LogP contribution in [-0.2, 0) is 20.8 Å². The minimum atomic E-state index is -0.567. The molecule has 0 aromatic heterocycles. The van der Waals surface area contributed by atoms with Gasteiger partial charge in [0.05, 0.1) is 35.7 Å². The first-order chi connectivity index (χ1) is 29.5. The predicted octanol–water partition coefficient (Wildman–Crippen LogP) is 12.8. The van der Waals surface area contributed by atoms with Crippen molar-refractivity contribution in [3.63, 3.8) is 0 Å². The normalized spacial score (nSPS) is 11.4. The van der Waals surface area contributed by atoms with Crippen molar-refractivity contribution >= 4 is 73.1 Å². The number of carbonyl (C=O) groups is 3. The fourth-order valence-corrected chi connectivity index (χ4v) is 7.64. The maximum atomic E-state index is 13.5. The molecule has 0 heterocycles. The molecule has 0 saturated heterocycles. The van der Waals surface area contributed by atoms with Crippen molar-refractivity contribution in [1.82, 2.24) is 5.32 Å². The number of esters is 2. The molecule has 0 aliphatic heterocycles. The molecule has 1 amide bonds. The zero-order valence-corrected chi connectivity index (χ0v) is 34.8. The number of carbonyl (C=O) groups excluding carboxylic acids is 3. The van der Waals surface area contributed by atoms with Crippen molar-refractivity contribution in [3.05, 3.63) is 156 Å². The van der Waals surface area contributed by atoms with Gasteiger partial charge >= 0.3 is 18.0 Å². The highest BCUT2D eigenvalue weighted by Crippen LogP contribution is 2.40. The molecule has 306 valence electrons. The van der Waals surface area contributed by atoms with Crippen LogP contribution in [0, 0.1) is 0 Å². The predicted molar refractivity (Wildman–Crippen MR) is 245 cm³/mol. The summed E-state index contributed by atoms with van der Waals surface area (Å²) in [7, 11) is 0. The quantitative estimate of drug-likeness (QED) is 0.0635. The fraction of sp³-hybridized carbons (Fsp3) is 0.173. The molecular weight excluding hydrogens is 763 g/mol. The summed E-state index contributed by atoms with van der Waals surface area (Å²) >= 11 is 0. The molecule has 0 atom stereocenters. The summed E-state index contributed by atoms with van der Waals surface area (Å²) < 4.78 is 16.3. The van der Waals surface area contributed by atoms with Gasteiger partial charge in [-0.25, -0.2) is 14.4 Å². The van der Waals surface area contributed by atoms with Gasteiger partial charge in [-0.3, -0.25) is 0 Å². The highest BCUT2D eigenvalue weighted by atomic mass is 16.6.